The molecule has 6 heteroatoms. The highest BCUT2D eigenvalue weighted by Crippen LogP contribution is 2.35. The van der Waals surface area contributed by atoms with Gasteiger partial charge in [0.05, 0.1) is 12.2 Å². The number of hydrogen-bond donors (Lipinski definition) is 1. The van der Waals surface area contributed by atoms with Crippen LogP contribution in [0.2, 0.25) is 0 Å². The maximum Gasteiger partial charge on any atom is 0.341 e. The van der Waals surface area contributed by atoms with Gasteiger partial charge in [0.2, 0.25) is 0 Å². The molecule has 3 rings (SSSR count). The number of nitrogen functional groups attached to an aromatic ring is 1. The van der Waals surface area contributed by atoms with Crippen LogP contribution in [0, 0.1) is 0 Å². The Balaban J connectivity index is 1.63. The lowest BCUT2D eigenvalue weighted by Gasteiger charge is -2.28. The molecule has 2 aliphatic heterocycles. The first-order valence-electron chi connectivity index (χ1n) is 8.21. The molecule has 0 unspecified atom stereocenters. The predicted molar refractivity (Wildman–Crippen MR) is 89.3 cm³/mol. The molecule has 1 aromatic heterocycles. The van der Waals surface area contributed by atoms with Gasteiger partial charge in [-0.2, -0.15) is 0 Å². The van der Waals surface area contributed by atoms with E-state index in [0.29, 0.717) is 17.2 Å². The molecule has 0 atom stereocenters. The largest absolute Gasteiger partial charge is 0.462 e. The summed E-state index contributed by atoms with van der Waals surface area (Å²) in [5, 5.41) is 0.616. The van der Waals surface area contributed by atoms with Gasteiger partial charge in [0.1, 0.15) is 5.00 Å². The van der Waals surface area contributed by atoms with Crippen molar-refractivity contribution < 1.29 is 9.53 Å². The molecular weight excluding hydrogens is 298 g/mol. The van der Waals surface area contributed by atoms with Crippen molar-refractivity contribution in [2.45, 2.75) is 32.7 Å². The molecule has 22 heavy (non-hydrogen) atoms. The molecule has 0 radical (unpaired) electrons. The second-order valence-corrected chi connectivity index (χ2v) is 7.18. The maximum absolute atomic E-state index is 12.1. The van der Waals surface area contributed by atoms with Gasteiger partial charge in [-0.1, -0.05) is 0 Å². The summed E-state index contributed by atoms with van der Waals surface area (Å²) in [6.07, 6.45) is 3.58. The van der Waals surface area contributed by atoms with Crippen molar-refractivity contribution in [3.8, 4) is 0 Å². The smallest absolute Gasteiger partial charge is 0.341 e. The van der Waals surface area contributed by atoms with E-state index in [9.17, 15) is 4.79 Å². The zero-order valence-electron chi connectivity index (χ0n) is 13.3. The normalized spacial score (nSPS) is 19.3. The third-order valence-electron chi connectivity index (χ3n) is 4.57. The Labute approximate surface area is 136 Å². The fraction of sp³-hybridized carbons (Fsp3) is 0.688. The number of ether oxygens (including phenoxy) is 1. The lowest BCUT2D eigenvalue weighted by atomic mass is 10.0. The molecule has 0 spiro atoms. The van der Waals surface area contributed by atoms with E-state index in [2.05, 4.69) is 9.80 Å². The van der Waals surface area contributed by atoms with Crippen molar-refractivity contribution in [1.29, 1.82) is 0 Å². The van der Waals surface area contributed by atoms with E-state index in [4.69, 9.17) is 10.5 Å². The number of rotatable bonds is 5. The molecule has 0 bridgehead atoms. The zero-order valence-corrected chi connectivity index (χ0v) is 14.1. The van der Waals surface area contributed by atoms with Gasteiger partial charge in [0.25, 0.3) is 0 Å². The van der Waals surface area contributed by atoms with Gasteiger partial charge in [-0.25, -0.2) is 4.79 Å². The third kappa shape index (κ3) is 3.29. The Morgan fingerprint density at radius 3 is 2.68 bits per heavy atom. The van der Waals surface area contributed by atoms with Gasteiger partial charge in [-0.05, 0) is 44.8 Å². The number of nitrogens with two attached hydrogens (primary N) is 1. The minimum atomic E-state index is -0.261. The van der Waals surface area contributed by atoms with Gasteiger partial charge in [-0.15, -0.1) is 11.3 Å². The summed E-state index contributed by atoms with van der Waals surface area (Å²) in [6.45, 7) is 8.89. The van der Waals surface area contributed by atoms with E-state index < -0.39 is 0 Å². The molecule has 2 aliphatic rings. The van der Waals surface area contributed by atoms with Gasteiger partial charge >= 0.3 is 5.97 Å². The van der Waals surface area contributed by atoms with Crippen LogP contribution in [-0.4, -0.2) is 55.1 Å². The number of anilines is 1. The average molecular weight is 323 g/mol. The van der Waals surface area contributed by atoms with E-state index in [1.165, 1.54) is 30.8 Å². The van der Waals surface area contributed by atoms with Crippen LogP contribution in [0.25, 0.3) is 0 Å². The molecule has 0 aliphatic carbocycles. The maximum atomic E-state index is 12.1. The molecule has 1 saturated heterocycles. The molecule has 0 aromatic carbocycles. The Hall–Kier alpha value is -1.11. The van der Waals surface area contributed by atoms with E-state index in [0.717, 1.165) is 38.2 Å². The van der Waals surface area contributed by atoms with Gasteiger partial charge in [0.15, 0.2) is 0 Å². The number of thiophene rings is 1. The molecule has 0 saturated carbocycles. The Kier molecular flexibility index (Phi) is 5.00. The summed E-state index contributed by atoms with van der Waals surface area (Å²) in [6, 6.07) is 0. The Bertz CT molecular complexity index is 538. The fourth-order valence-electron chi connectivity index (χ4n) is 3.38. The van der Waals surface area contributed by atoms with Crippen molar-refractivity contribution in [2.75, 3.05) is 45.1 Å². The van der Waals surface area contributed by atoms with Crippen molar-refractivity contribution in [1.82, 2.24) is 9.80 Å². The lowest BCUT2D eigenvalue weighted by molar-refractivity contribution is 0.0526. The van der Waals surface area contributed by atoms with Gasteiger partial charge < -0.3 is 15.4 Å². The number of carbonyl (C=O) groups excluding carboxylic acids is 1. The first-order chi connectivity index (χ1) is 10.7. The molecule has 122 valence electrons. The number of fused-ring (bicyclic) bond motifs is 1. The van der Waals surface area contributed by atoms with Gasteiger partial charge in [0, 0.05) is 31.1 Å². The summed E-state index contributed by atoms with van der Waals surface area (Å²) in [4.78, 5) is 18.3. The monoisotopic (exact) mass is 323 g/mol. The minimum absolute atomic E-state index is 0.261. The fourth-order valence-corrected chi connectivity index (χ4v) is 4.53. The zero-order chi connectivity index (χ0) is 15.5. The SMILES string of the molecule is CCOC(=O)c1c(N)sc2c1CCN(CCN1CCCC1)C2. The lowest BCUT2D eigenvalue weighted by Crippen LogP contribution is -2.37. The summed E-state index contributed by atoms with van der Waals surface area (Å²) in [5.41, 5.74) is 7.81. The summed E-state index contributed by atoms with van der Waals surface area (Å²) >= 11 is 1.55. The summed E-state index contributed by atoms with van der Waals surface area (Å²) < 4.78 is 5.14. The minimum Gasteiger partial charge on any atom is -0.462 e. The molecule has 3 heterocycles. The van der Waals surface area contributed by atoms with Crippen molar-refractivity contribution in [2.24, 2.45) is 0 Å². The first kappa shape index (κ1) is 15.8. The van der Waals surface area contributed by atoms with Gasteiger partial charge in [-0.3, -0.25) is 4.90 Å². The predicted octanol–water partition coefficient (Wildman–Crippen LogP) is 1.96. The number of likely N-dealkylation sites (tertiary alicyclic amines) is 1. The summed E-state index contributed by atoms with van der Waals surface area (Å²) in [5.74, 6) is -0.261. The highest BCUT2D eigenvalue weighted by molar-refractivity contribution is 7.16. The van der Waals surface area contributed by atoms with Crippen molar-refractivity contribution >= 4 is 22.3 Å². The van der Waals surface area contributed by atoms with Crippen LogP contribution >= 0.6 is 11.3 Å². The molecule has 1 fully saturated rings. The highest BCUT2D eigenvalue weighted by atomic mass is 32.1. The van der Waals surface area contributed by atoms with Crippen LogP contribution in [0.4, 0.5) is 5.00 Å². The van der Waals surface area contributed by atoms with Crippen LogP contribution in [0.1, 0.15) is 40.6 Å². The second kappa shape index (κ2) is 6.98. The topological polar surface area (TPSA) is 58.8 Å². The van der Waals surface area contributed by atoms with E-state index in [1.807, 2.05) is 6.92 Å². The van der Waals surface area contributed by atoms with E-state index >= 15 is 0 Å². The molecule has 1 aromatic rings. The Morgan fingerprint density at radius 2 is 1.95 bits per heavy atom. The van der Waals surface area contributed by atoms with Crippen LogP contribution in [-0.2, 0) is 17.7 Å². The number of esters is 1. The van der Waals surface area contributed by atoms with Crippen LogP contribution < -0.4 is 5.73 Å². The number of hydrogen-bond acceptors (Lipinski definition) is 6. The van der Waals surface area contributed by atoms with Crippen molar-refractivity contribution in [3.05, 3.63) is 16.0 Å². The number of nitrogens with zero attached hydrogens (tertiary/aromatic N) is 2. The number of carbonyl (C=O) groups is 1. The molecule has 0 amide bonds. The molecule has 5 nitrogen and oxygen atoms in total. The van der Waals surface area contributed by atoms with E-state index in [1.54, 1.807) is 11.3 Å². The summed E-state index contributed by atoms with van der Waals surface area (Å²) in [7, 11) is 0. The Morgan fingerprint density at radius 1 is 1.23 bits per heavy atom. The highest BCUT2D eigenvalue weighted by Gasteiger charge is 2.27. The van der Waals surface area contributed by atoms with Crippen LogP contribution in [0.15, 0.2) is 0 Å². The standard InChI is InChI=1S/C16H25N3O2S/c1-2-21-16(20)14-12-5-8-19(11-13(12)22-15(14)17)10-9-18-6-3-4-7-18/h2-11,17H2,1H3. The third-order valence-corrected chi connectivity index (χ3v) is 5.62. The van der Waals surface area contributed by atoms with Crippen LogP contribution in [0.5, 0.6) is 0 Å². The first-order valence-corrected chi connectivity index (χ1v) is 9.02. The van der Waals surface area contributed by atoms with E-state index in [-0.39, 0.29) is 5.97 Å². The van der Waals surface area contributed by atoms with Crippen molar-refractivity contribution in [3.63, 3.8) is 0 Å². The average Bonchev–Trinajstić information content (AvgIpc) is 3.11. The molecule has 2 N–H and O–H groups in total. The van der Waals surface area contributed by atoms with Crippen LogP contribution in [0.3, 0.4) is 0 Å². The quantitative estimate of drug-likeness (QED) is 0.840. The second-order valence-electron chi connectivity index (χ2n) is 6.04. The molecular formula is C16H25N3O2S.